The van der Waals surface area contributed by atoms with Gasteiger partial charge in [0.05, 0.1) is 0 Å². The van der Waals surface area contributed by atoms with E-state index in [1.165, 1.54) is 41.5 Å². The van der Waals surface area contributed by atoms with Gasteiger partial charge in [0.15, 0.2) is 0 Å². The highest BCUT2D eigenvalue weighted by atomic mass is 14.1. The Morgan fingerprint density at radius 1 is 0.941 bits per heavy atom. The molecular formula is C17H20. The number of benzene rings is 2. The van der Waals surface area contributed by atoms with Crippen molar-refractivity contribution in [2.24, 2.45) is 0 Å². The van der Waals surface area contributed by atoms with Crippen LogP contribution in [0.1, 0.15) is 30.9 Å². The molecule has 0 aromatic heterocycles. The summed E-state index contributed by atoms with van der Waals surface area (Å²) in [7, 11) is 0. The lowest BCUT2D eigenvalue weighted by atomic mass is 9.97. The molecule has 0 N–H and O–H groups in total. The van der Waals surface area contributed by atoms with E-state index in [1.54, 1.807) is 0 Å². The molecule has 0 heterocycles. The van der Waals surface area contributed by atoms with E-state index in [9.17, 15) is 0 Å². The van der Waals surface area contributed by atoms with Crippen LogP contribution in [0.25, 0.3) is 11.1 Å². The Kier molecular flexibility index (Phi) is 3.98. The van der Waals surface area contributed by atoms with Gasteiger partial charge < -0.3 is 0 Å². The van der Waals surface area contributed by atoms with Crippen LogP contribution in [0, 0.1) is 6.92 Å². The molecule has 0 nitrogen and oxygen atoms in total. The Morgan fingerprint density at radius 3 is 2.35 bits per heavy atom. The van der Waals surface area contributed by atoms with Crippen molar-refractivity contribution in [3.05, 3.63) is 59.7 Å². The first kappa shape index (κ1) is 11.9. The van der Waals surface area contributed by atoms with Crippen molar-refractivity contribution in [3.63, 3.8) is 0 Å². The van der Waals surface area contributed by atoms with E-state index in [0.717, 1.165) is 0 Å². The molecule has 0 fully saturated rings. The van der Waals surface area contributed by atoms with Crippen molar-refractivity contribution in [2.45, 2.75) is 33.1 Å². The SMILES string of the molecule is CCCCc1ccc(-c2ccccc2)c(C)c1. The first-order chi connectivity index (χ1) is 8.31. The predicted molar refractivity (Wildman–Crippen MR) is 75.2 cm³/mol. The van der Waals surface area contributed by atoms with Crippen LogP contribution in [0.5, 0.6) is 0 Å². The summed E-state index contributed by atoms with van der Waals surface area (Å²) in [5.74, 6) is 0. The number of hydrogen-bond donors (Lipinski definition) is 0. The number of unbranched alkanes of at least 4 members (excludes halogenated alkanes) is 1. The van der Waals surface area contributed by atoms with E-state index in [-0.39, 0.29) is 0 Å². The van der Waals surface area contributed by atoms with Crippen molar-refractivity contribution >= 4 is 0 Å². The highest BCUT2D eigenvalue weighted by Gasteiger charge is 2.02. The van der Waals surface area contributed by atoms with Gasteiger partial charge in [0.25, 0.3) is 0 Å². The molecule has 0 amide bonds. The molecule has 0 radical (unpaired) electrons. The molecule has 0 spiro atoms. The van der Waals surface area contributed by atoms with Gasteiger partial charge in [-0.25, -0.2) is 0 Å². The molecule has 2 aromatic carbocycles. The Bertz CT molecular complexity index is 469. The number of aryl methyl sites for hydroxylation is 2. The molecule has 0 aliphatic rings. The molecule has 0 saturated heterocycles. The van der Waals surface area contributed by atoms with Gasteiger partial charge in [-0.3, -0.25) is 0 Å². The topological polar surface area (TPSA) is 0 Å². The Labute approximate surface area is 104 Å². The predicted octanol–water partition coefficient (Wildman–Crippen LogP) is 5.00. The van der Waals surface area contributed by atoms with Gasteiger partial charge in [-0.2, -0.15) is 0 Å². The van der Waals surface area contributed by atoms with Gasteiger partial charge in [0.2, 0.25) is 0 Å². The van der Waals surface area contributed by atoms with Crippen molar-refractivity contribution in [1.29, 1.82) is 0 Å². The Balaban J connectivity index is 2.26. The lowest BCUT2D eigenvalue weighted by molar-refractivity contribution is 0.794. The summed E-state index contributed by atoms with van der Waals surface area (Å²) in [6, 6.07) is 17.5. The van der Waals surface area contributed by atoms with Crippen LogP contribution in [0.2, 0.25) is 0 Å². The molecule has 88 valence electrons. The number of rotatable bonds is 4. The third-order valence-electron chi connectivity index (χ3n) is 3.19. The van der Waals surface area contributed by atoms with E-state index >= 15 is 0 Å². The lowest BCUT2D eigenvalue weighted by Crippen LogP contribution is -1.89. The molecule has 0 saturated carbocycles. The molecule has 0 aliphatic heterocycles. The van der Waals surface area contributed by atoms with E-state index in [4.69, 9.17) is 0 Å². The maximum atomic E-state index is 2.33. The second-order valence-corrected chi connectivity index (χ2v) is 4.62. The van der Waals surface area contributed by atoms with Crippen molar-refractivity contribution in [2.75, 3.05) is 0 Å². The second kappa shape index (κ2) is 5.67. The molecule has 0 aliphatic carbocycles. The molecule has 0 bridgehead atoms. The molecule has 0 atom stereocenters. The summed E-state index contributed by atoms with van der Waals surface area (Å²) in [5, 5.41) is 0. The van der Waals surface area contributed by atoms with Crippen LogP contribution in [0.4, 0.5) is 0 Å². The Morgan fingerprint density at radius 2 is 1.71 bits per heavy atom. The number of hydrogen-bond acceptors (Lipinski definition) is 0. The van der Waals surface area contributed by atoms with Crippen LogP contribution < -0.4 is 0 Å². The van der Waals surface area contributed by atoms with E-state index < -0.39 is 0 Å². The molecular weight excluding hydrogens is 204 g/mol. The zero-order valence-corrected chi connectivity index (χ0v) is 10.7. The van der Waals surface area contributed by atoms with Crippen LogP contribution in [0.15, 0.2) is 48.5 Å². The Hall–Kier alpha value is -1.56. The summed E-state index contributed by atoms with van der Waals surface area (Å²) >= 11 is 0. The maximum Gasteiger partial charge on any atom is -0.0155 e. The highest BCUT2D eigenvalue weighted by molar-refractivity contribution is 5.67. The molecule has 2 aromatic rings. The van der Waals surface area contributed by atoms with E-state index in [2.05, 4.69) is 62.4 Å². The van der Waals surface area contributed by atoms with Crippen LogP contribution in [-0.2, 0) is 6.42 Å². The molecule has 0 heteroatoms. The first-order valence-electron chi connectivity index (χ1n) is 6.46. The fourth-order valence-corrected chi connectivity index (χ4v) is 2.20. The van der Waals surface area contributed by atoms with Crippen LogP contribution in [0.3, 0.4) is 0 Å². The maximum absolute atomic E-state index is 2.33. The van der Waals surface area contributed by atoms with Gasteiger partial charge in [0.1, 0.15) is 0 Å². The largest absolute Gasteiger partial charge is 0.0654 e. The van der Waals surface area contributed by atoms with E-state index in [0.29, 0.717) is 0 Å². The minimum Gasteiger partial charge on any atom is -0.0654 e. The van der Waals surface area contributed by atoms with Gasteiger partial charge in [-0.05, 0) is 42.0 Å². The second-order valence-electron chi connectivity index (χ2n) is 4.62. The van der Waals surface area contributed by atoms with Crippen LogP contribution >= 0.6 is 0 Å². The van der Waals surface area contributed by atoms with Gasteiger partial charge >= 0.3 is 0 Å². The van der Waals surface area contributed by atoms with Crippen molar-refractivity contribution < 1.29 is 0 Å². The smallest absolute Gasteiger partial charge is 0.0155 e. The van der Waals surface area contributed by atoms with Gasteiger partial charge in [-0.15, -0.1) is 0 Å². The summed E-state index contributed by atoms with van der Waals surface area (Å²) in [6.07, 6.45) is 3.75. The van der Waals surface area contributed by atoms with Gasteiger partial charge in [-0.1, -0.05) is 61.9 Å². The normalized spacial score (nSPS) is 10.5. The zero-order valence-electron chi connectivity index (χ0n) is 10.7. The van der Waals surface area contributed by atoms with E-state index in [1.807, 2.05) is 0 Å². The third kappa shape index (κ3) is 2.97. The molecule has 0 unspecified atom stereocenters. The first-order valence-corrected chi connectivity index (χ1v) is 6.46. The minimum atomic E-state index is 1.20. The summed E-state index contributed by atoms with van der Waals surface area (Å²) < 4.78 is 0. The summed E-state index contributed by atoms with van der Waals surface area (Å²) in [6.45, 7) is 4.45. The third-order valence-corrected chi connectivity index (χ3v) is 3.19. The van der Waals surface area contributed by atoms with Gasteiger partial charge in [0, 0.05) is 0 Å². The zero-order chi connectivity index (χ0) is 12.1. The summed E-state index contributed by atoms with van der Waals surface area (Å²) in [4.78, 5) is 0. The van der Waals surface area contributed by atoms with Crippen molar-refractivity contribution in [3.8, 4) is 11.1 Å². The quantitative estimate of drug-likeness (QED) is 0.685. The fourth-order valence-electron chi connectivity index (χ4n) is 2.20. The fraction of sp³-hybridized carbons (Fsp3) is 0.294. The minimum absolute atomic E-state index is 1.20. The molecule has 17 heavy (non-hydrogen) atoms. The molecule has 2 rings (SSSR count). The van der Waals surface area contributed by atoms with Crippen LogP contribution in [-0.4, -0.2) is 0 Å². The lowest BCUT2D eigenvalue weighted by Gasteiger charge is -2.08. The highest BCUT2D eigenvalue weighted by Crippen LogP contribution is 2.24. The average molecular weight is 224 g/mol. The monoisotopic (exact) mass is 224 g/mol. The summed E-state index contributed by atoms with van der Waals surface area (Å²) in [5.41, 5.74) is 5.51. The van der Waals surface area contributed by atoms with Crippen molar-refractivity contribution in [1.82, 2.24) is 0 Å². The average Bonchev–Trinajstić information content (AvgIpc) is 2.37. The standard InChI is InChI=1S/C17H20/c1-3-4-8-15-11-12-17(14(2)13-15)16-9-6-5-7-10-16/h5-7,9-13H,3-4,8H2,1-2H3.